The van der Waals surface area contributed by atoms with Crippen molar-refractivity contribution in [1.82, 2.24) is 4.90 Å². The van der Waals surface area contributed by atoms with Crippen LogP contribution in [0.4, 0.5) is 5.69 Å². The van der Waals surface area contributed by atoms with Gasteiger partial charge in [-0.1, -0.05) is 11.6 Å². The highest BCUT2D eigenvalue weighted by molar-refractivity contribution is 7.21. The lowest BCUT2D eigenvalue weighted by atomic mass is 10.2. The number of anilines is 1. The van der Waals surface area contributed by atoms with E-state index in [4.69, 9.17) is 22.1 Å². The maximum absolute atomic E-state index is 12.3. The van der Waals surface area contributed by atoms with Crippen LogP contribution >= 0.6 is 22.9 Å². The molecule has 0 radical (unpaired) electrons. The topological polar surface area (TPSA) is 55.6 Å². The number of likely N-dealkylation sites (N-methyl/N-ethyl adjacent to an activating group) is 1. The summed E-state index contributed by atoms with van der Waals surface area (Å²) in [6.45, 7) is 1.03. The van der Waals surface area contributed by atoms with Crippen LogP contribution in [-0.2, 0) is 4.74 Å². The third-order valence-corrected chi connectivity index (χ3v) is 4.25. The molecule has 0 saturated carbocycles. The van der Waals surface area contributed by atoms with Gasteiger partial charge in [0.1, 0.15) is 4.88 Å². The van der Waals surface area contributed by atoms with Crippen molar-refractivity contribution in [1.29, 1.82) is 0 Å². The van der Waals surface area contributed by atoms with Crippen LogP contribution in [0.5, 0.6) is 0 Å². The molecule has 4 nitrogen and oxygen atoms in total. The SMILES string of the molecule is COCCN(C)C(=O)c1sc2cc(Cl)ccc2c1N. The molecule has 0 saturated heterocycles. The molecule has 0 aliphatic rings. The van der Waals surface area contributed by atoms with E-state index in [0.717, 1.165) is 10.1 Å². The Kier molecular flexibility index (Phi) is 4.29. The molecule has 1 aromatic carbocycles. The number of benzene rings is 1. The molecule has 2 N–H and O–H groups in total. The number of nitrogen functional groups attached to an aromatic ring is 1. The van der Waals surface area contributed by atoms with Crippen LogP contribution in [0.2, 0.25) is 5.02 Å². The lowest BCUT2D eigenvalue weighted by molar-refractivity contribution is 0.0750. The van der Waals surface area contributed by atoms with E-state index in [1.54, 1.807) is 25.1 Å². The number of carbonyl (C=O) groups excluding carboxylic acids is 1. The molecule has 0 aliphatic carbocycles. The minimum atomic E-state index is -0.0909. The average Bonchev–Trinajstić information content (AvgIpc) is 2.71. The molecule has 0 fully saturated rings. The number of amides is 1. The van der Waals surface area contributed by atoms with Gasteiger partial charge in [0.25, 0.3) is 5.91 Å². The van der Waals surface area contributed by atoms with Gasteiger partial charge in [0.05, 0.1) is 12.3 Å². The van der Waals surface area contributed by atoms with Gasteiger partial charge in [-0.2, -0.15) is 0 Å². The number of ether oxygens (including phenoxy) is 1. The van der Waals surface area contributed by atoms with E-state index >= 15 is 0 Å². The van der Waals surface area contributed by atoms with Crippen molar-refractivity contribution in [2.24, 2.45) is 0 Å². The van der Waals surface area contributed by atoms with Crippen molar-refractivity contribution < 1.29 is 9.53 Å². The first-order valence-electron chi connectivity index (χ1n) is 5.76. The first-order valence-corrected chi connectivity index (χ1v) is 6.96. The van der Waals surface area contributed by atoms with Crippen LogP contribution in [0.1, 0.15) is 9.67 Å². The lowest BCUT2D eigenvalue weighted by Crippen LogP contribution is -2.29. The Labute approximate surface area is 120 Å². The molecule has 1 amide bonds. The summed E-state index contributed by atoms with van der Waals surface area (Å²) in [4.78, 5) is 14.4. The smallest absolute Gasteiger partial charge is 0.265 e. The van der Waals surface area contributed by atoms with Crippen molar-refractivity contribution in [2.75, 3.05) is 33.0 Å². The van der Waals surface area contributed by atoms with E-state index in [9.17, 15) is 4.79 Å². The van der Waals surface area contributed by atoms with Gasteiger partial charge in [-0.25, -0.2) is 0 Å². The zero-order chi connectivity index (χ0) is 14.0. The van der Waals surface area contributed by atoms with Gasteiger partial charge in [0.15, 0.2) is 0 Å². The van der Waals surface area contributed by atoms with Gasteiger partial charge < -0.3 is 15.4 Å². The number of halogens is 1. The van der Waals surface area contributed by atoms with E-state index in [1.165, 1.54) is 11.3 Å². The van der Waals surface area contributed by atoms with Crippen molar-refractivity contribution in [3.8, 4) is 0 Å². The summed E-state index contributed by atoms with van der Waals surface area (Å²) in [5.41, 5.74) is 6.56. The van der Waals surface area contributed by atoms with Crippen LogP contribution in [0.25, 0.3) is 10.1 Å². The molecule has 0 unspecified atom stereocenters. The zero-order valence-electron chi connectivity index (χ0n) is 10.8. The molecule has 1 heterocycles. The van der Waals surface area contributed by atoms with E-state index in [-0.39, 0.29) is 5.91 Å². The number of carbonyl (C=O) groups is 1. The standard InChI is InChI=1S/C13H15ClN2O2S/c1-16(5-6-18-2)13(17)12-11(15)9-4-3-8(14)7-10(9)19-12/h3-4,7H,5-6,15H2,1-2H3. The Bertz CT molecular complexity index is 612. The van der Waals surface area contributed by atoms with Crippen LogP contribution < -0.4 is 5.73 Å². The van der Waals surface area contributed by atoms with Gasteiger partial charge in [-0.05, 0) is 18.2 Å². The Morgan fingerprint density at radius 1 is 1.53 bits per heavy atom. The fraction of sp³-hybridized carbons (Fsp3) is 0.308. The molecule has 0 spiro atoms. The second-order valence-corrected chi connectivity index (χ2v) is 5.69. The summed E-state index contributed by atoms with van der Waals surface area (Å²) in [7, 11) is 3.34. The minimum Gasteiger partial charge on any atom is -0.397 e. The van der Waals surface area contributed by atoms with Gasteiger partial charge in [0.2, 0.25) is 0 Å². The maximum atomic E-state index is 12.3. The molecule has 2 aromatic rings. The third-order valence-electron chi connectivity index (χ3n) is 2.86. The Morgan fingerprint density at radius 3 is 2.95 bits per heavy atom. The average molecular weight is 299 g/mol. The second-order valence-electron chi connectivity index (χ2n) is 4.20. The van der Waals surface area contributed by atoms with E-state index in [0.29, 0.717) is 28.7 Å². The molecular weight excluding hydrogens is 284 g/mol. The highest BCUT2D eigenvalue weighted by Crippen LogP contribution is 2.35. The number of nitrogens with two attached hydrogens (primary N) is 1. The molecule has 2 rings (SSSR count). The quantitative estimate of drug-likeness (QED) is 0.944. The van der Waals surface area contributed by atoms with Gasteiger partial charge in [0, 0.05) is 35.8 Å². The summed E-state index contributed by atoms with van der Waals surface area (Å²) in [5.74, 6) is -0.0909. The highest BCUT2D eigenvalue weighted by Gasteiger charge is 2.19. The normalized spacial score (nSPS) is 10.9. The van der Waals surface area contributed by atoms with Crippen LogP contribution in [0.15, 0.2) is 18.2 Å². The summed E-state index contributed by atoms with van der Waals surface area (Å²) in [6, 6.07) is 5.44. The fourth-order valence-electron chi connectivity index (χ4n) is 1.75. The highest BCUT2D eigenvalue weighted by atomic mass is 35.5. The first-order chi connectivity index (χ1) is 9.04. The molecule has 6 heteroatoms. The Balaban J connectivity index is 2.34. The van der Waals surface area contributed by atoms with E-state index in [1.807, 2.05) is 12.1 Å². The molecule has 19 heavy (non-hydrogen) atoms. The molecule has 0 atom stereocenters. The Hall–Kier alpha value is -1.30. The van der Waals surface area contributed by atoms with Gasteiger partial charge >= 0.3 is 0 Å². The number of rotatable bonds is 4. The first kappa shape index (κ1) is 14.1. The zero-order valence-corrected chi connectivity index (χ0v) is 12.3. The Morgan fingerprint density at radius 2 is 2.26 bits per heavy atom. The predicted molar refractivity (Wildman–Crippen MR) is 80.1 cm³/mol. The van der Waals surface area contributed by atoms with Crippen molar-refractivity contribution in [3.05, 3.63) is 28.1 Å². The fourth-order valence-corrected chi connectivity index (χ4v) is 3.15. The molecule has 1 aromatic heterocycles. The lowest BCUT2D eigenvalue weighted by Gasteiger charge is -2.15. The number of hydrogen-bond acceptors (Lipinski definition) is 4. The monoisotopic (exact) mass is 298 g/mol. The summed E-state index contributed by atoms with van der Waals surface area (Å²) >= 11 is 7.31. The molecule has 0 bridgehead atoms. The largest absolute Gasteiger partial charge is 0.397 e. The predicted octanol–water partition coefficient (Wildman–Crippen LogP) is 2.86. The van der Waals surface area contributed by atoms with Gasteiger partial charge in [-0.3, -0.25) is 4.79 Å². The summed E-state index contributed by atoms with van der Waals surface area (Å²) < 4.78 is 5.89. The van der Waals surface area contributed by atoms with Crippen molar-refractivity contribution >= 4 is 44.6 Å². The van der Waals surface area contributed by atoms with E-state index in [2.05, 4.69) is 0 Å². The van der Waals surface area contributed by atoms with Crippen molar-refractivity contribution in [2.45, 2.75) is 0 Å². The van der Waals surface area contributed by atoms with Crippen LogP contribution in [-0.4, -0.2) is 38.1 Å². The molecule has 0 aliphatic heterocycles. The number of methoxy groups -OCH3 is 1. The molecular formula is C13H15ClN2O2S. The van der Waals surface area contributed by atoms with Gasteiger partial charge in [-0.15, -0.1) is 11.3 Å². The molecule has 102 valence electrons. The van der Waals surface area contributed by atoms with Crippen LogP contribution in [0.3, 0.4) is 0 Å². The minimum absolute atomic E-state index is 0.0909. The van der Waals surface area contributed by atoms with E-state index < -0.39 is 0 Å². The third kappa shape index (κ3) is 2.83. The van der Waals surface area contributed by atoms with Crippen LogP contribution in [0, 0.1) is 0 Å². The summed E-state index contributed by atoms with van der Waals surface area (Å²) in [5, 5.41) is 1.51. The number of fused-ring (bicyclic) bond motifs is 1. The number of nitrogens with zero attached hydrogens (tertiary/aromatic N) is 1. The number of thiophene rings is 1. The van der Waals surface area contributed by atoms with Crippen molar-refractivity contribution in [3.63, 3.8) is 0 Å². The summed E-state index contributed by atoms with van der Waals surface area (Å²) in [6.07, 6.45) is 0. The number of hydrogen-bond donors (Lipinski definition) is 1. The maximum Gasteiger partial charge on any atom is 0.265 e. The second kappa shape index (κ2) is 5.77.